The average Bonchev–Trinajstić information content (AvgIpc) is 2.18. The Hall–Kier alpha value is -1.78. The van der Waals surface area contributed by atoms with Gasteiger partial charge >= 0.3 is 6.18 Å². The molecule has 17 heavy (non-hydrogen) atoms. The number of aromatic nitrogens is 1. The van der Waals surface area contributed by atoms with Gasteiger partial charge in [-0.2, -0.15) is 22.8 Å². The molecule has 0 bridgehead atoms. The summed E-state index contributed by atoms with van der Waals surface area (Å²) in [5.74, 6) is -1.70. The van der Waals surface area contributed by atoms with Gasteiger partial charge in [-0.3, -0.25) is 0 Å². The lowest BCUT2D eigenvalue weighted by atomic mass is 10.1. The summed E-state index contributed by atoms with van der Waals surface area (Å²) in [6, 6.07) is 1.44. The minimum absolute atomic E-state index is 0.0560. The smallest absolute Gasteiger partial charge is 0.215 e. The van der Waals surface area contributed by atoms with E-state index in [9.17, 15) is 26.3 Å². The van der Waals surface area contributed by atoms with Crippen molar-refractivity contribution in [2.24, 2.45) is 0 Å². The maximum absolute atomic E-state index is 13.1. The third-order valence-corrected chi connectivity index (χ3v) is 1.89. The molecule has 0 atom stereocenters. The molecule has 92 valence electrons. The van der Waals surface area contributed by atoms with E-state index in [1.54, 1.807) is 0 Å². The van der Waals surface area contributed by atoms with Crippen LogP contribution >= 0.6 is 0 Å². The minimum Gasteiger partial charge on any atom is -0.215 e. The monoisotopic (exact) mass is 254 g/mol. The van der Waals surface area contributed by atoms with Gasteiger partial charge in [0.15, 0.2) is 0 Å². The van der Waals surface area contributed by atoms with Gasteiger partial charge in [-0.1, -0.05) is 0 Å². The molecule has 1 aromatic rings. The molecule has 0 saturated heterocycles. The normalized spacial score (nSPS) is 11.6. The largest absolute Gasteiger partial charge is 0.433 e. The summed E-state index contributed by atoms with van der Waals surface area (Å²) in [4.78, 5) is 2.53. The Morgan fingerprint density at radius 2 is 1.94 bits per heavy atom. The Kier molecular flexibility index (Phi) is 3.60. The zero-order chi connectivity index (χ0) is 13.2. The molecule has 0 fully saturated rings. The van der Waals surface area contributed by atoms with Gasteiger partial charge in [0.1, 0.15) is 5.69 Å². The van der Waals surface area contributed by atoms with Crippen molar-refractivity contribution in [3.8, 4) is 6.07 Å². The second kappa shape index (κ2) is 4.61. The highest BCUT2D eigenvalue weighted by molar-refractivity contribution is 5.32. The fourth-order valence-corrected chi connectivity index (χ4v) is 1.15. The van der Waals surface area contributed by atoms with Crippen molar-refractivity contribution in [1.82, 2.24) is 4.98 Å². The van der Waals surface area contributed by atoms with Crippen molar-refractivity contribution in [1.29, 1.82) is 5.26 Å². The molecule has 0 radical (unpaired) electrons. The zero-order valence-corrected chi connectivity index (χ0v) is 8.02. The van der Waals surface area contributed by atoms with Crippen LogP contribution in [-0.2, 0) is 12.6 Å². The van der Waals surface area contributed by atoms with Crippen molar-refractivity contribution in [3.05, 3.63) is 28.8 Å². The zero-order valence-electron chi connectivity index (χ0n) is 8.02. The van der Waals surface area contributed by atoms with Crippen LogP contribution in [0.25, 0.3) is 0 Å². The molecule has 1 heterocycles. The average molecular weight is 254 g/mol. The summed E-state index contributed by atoms with van der Waals surface area (Å²) in [6.07, 6.45) is -9.09. The third kappa shape index (κ3) is 2.87. The molecule has 2 nitrogen and oxygen atoms in total. The van der Waals surface area contributed by atoms with E-state index in [0.29, 0.717) is 0 Å². The molecule has 0 amide bonds. The lowest BCUT2D eigenvalue weighted by Crippen LogP contribution is -2.13. The number of hydrogen-bond donors (Lipinski definition) is 0. The second-order valence-corrected chi connectivity index (χ2v) is 3.00. The Bertz CT molecular complexity index is 460. The van der Waals surface area contributed by atoms with E-state index >= 15 is 0 Å². The van der Waals surface area contributed by atoms with Gasteiger partial charge in [-0.25, -0.2) is 13.8 Å². The first-order valence-corrected chi connectivity index (χ1v) is 4.19. The van der Waals surface area contributed by atoms with Gasteiger partial charge in [-0.05, 0) is 6.07 Å². The molecular formula is C9H4F6N2. The van der Waals surface area contributed by atoms with E-state index < -0.39 is 41.8 Å². The number of alkyl halides is 5. The highest BCUT2D eigenvalue weighted by Gasteiger charge is 2.35. The first-order valence-electron chi connectivity index (χ1n) is 4.19. The summed E-state index contributed by atoms with van der Waals surface area (Å²) < 4.78 is 74.5. The van der Waals surface area contributed by atoms with E-state index in [1.807, 2.05) is 0 Å². The van der Waals surface area contributed by atoms with Crippen LogP contribution in [0.4, 0.5) is 26.3 Å². The number of halogens is 6. The highest BCUT2D eigenvalue weighted by atomic mass is 19.4. The Morgan fingerprint density at radius 1 is 1.35 bits per heavy atom. The van der Waals surface area contributed by atoms with Crippen LogP contribution in [0.5, 0.6) is 0 Å². The van der Waals surface area contributed by atoms with Gasteiger partial charge in [-0.15, -0.1) is 0 Å². The molecule has 0 aliphatic heterocycles. The van der Waals surface area contributed by atoms with E-state index in [4.69, 9.17) is 5.26 Å². The van der Waals surface area contributed by atoms with Gasteiger partial charge in [0.05, 0.1) is 12.5 Å². The van der Waals surface area contributed by atoms with Gasteiger partial charge in [0, 0.05) is 11.1 Å². The van der Waals surface area contributed by atoms with Crippen LogP contribution in [0.3, 0.4) is 0 Å². The SMILES string of the molecule is N#CCc1c(C(F)F)cc(C(F)(F)F)nc1F. The summed E-state index contributed by atoms with van der Waals surface area (Å²) in [5.41, 5.74) is -3.71. The summed E-state index contributed by atoms with van der Waals surface area (Å²) in [7, 11) is 0. The lowest BCUT2D eigenvalue weighted by molar-refractivity contribution is -0.141. The number of hydrogen-bond acceptors (Lipinski definition) is 2. The molecule has 0 spiro atoms. The minimum atomic E-state index is -5.02. The van der Waals surface area contributed by atoms with Crippen LogP contribution in [0.1, 0.15) is 23.2 Å². The van der Waals surface area contributed by atoms with Gasteiger partial charge in [0.2, 0.25) is 5.95 Å². The van der Waals surface area contributed by atoms with Crippen LogP contribution in [-0.4, -0.2) is 4.98 Å². The van der Waals surface area contributed by atoms with Crippen LogP contribution in [0.2, 0.25) is 0 Å². The van der Waals surface area contributed by atoms with Crippen molar-refractivity contribution >= 4 is 0 Å². The Labute approximate surface area is 91.5 Å². The fraction of sp³-hybridized carbons (Fsp3) is 0.333. The van der Waals surface area contributed by atoms with Crippen molar-refractivity contribution in [2.75, 3.05) is 0 Å². The Morgan fingerprint density at radius 3 is 2.35 bits per heavy atom. The second-order valence-electron chi connectivity index (χ2n) is 3.00. The van der Waals surface area contributed by atoms with Gasteiger partial charge in [0.25, 0.3) is 6.43 Å². The first-order chi connectivity index (χ1) is 7.77. The molecule has 1 rings (SSSR count). The van der Waals surface area contributed by atoms with Crippen LogP contribution < -0.4 is 0 Å². The molecular weight excluding hydrogens is 250 g/mol. The summed E-state index contributed by atoms with van der Waals surface area (Å²) in [5, 5.41) is 8.27. The fourth-order valence-electron chi connectivity index (χ4n) is 1.15. The summed E-state index contributed by atoms with van der Waals surface area (Å²) in [6.45, 7) is 0. The molecule has 8 heteroatoms. The maximum atomic E-state index is 13.1. The predicted octanol–water partition coefficient (Wildman–Crippen LogP) is 3.24. The van der Waals surface area contributed by atoms with Gasteiger partial charge < -0.3 is 0 Å². The molecule has 0 N–H and O–H groups in total. The molecule has 0 aliphatic carbocycles. The molecule has 0 aromatic carbocycles. The van der Waals surface area contributed by atoms with Crippen LogP contribution in [0, 0.1) is 17.3 Å². The van der Waals surface area contributed by atoms with Crippen molar-refractivity contribution < 1.29 is 26.3 Å². The number of nitriles is 1. The Balaban J connectivity index is 3.42. The maximum Gasteiger partial charge on any atom is 0.433 e. The molecule has 0 saturated carbocycles. The number of nitrogens with zero attached hydrogens (tertiary/aromatic N) is 2. The molecule has 1 aromatic heterocycles. The van der Waals surface area contributed by atoms with Crippen molar-refractivity contribution in [2.45, 2.75) is 19.0 Å². The standard InChI is InChI=1S/C9H4F6N2/c10-7(11)5-3-6(9(13,14)15)17-8(12)4(5)1-2-16/h3,7H,1H2. The predicted molar refractivity (Wildman–Crippen MR) is 43.5 cm³/mol. The third-order valence-electron chi connectivity index (χ3n) is 1.89. The molecule has 0 aliphatic rings. The quantitative estimate of drug-likeness (QED) is 0.600. The topological polar surface area (TPSA) is 36.7 Å². The van der Waals surface area contributed by atoms with Crippen LogP contribution in [0.15, 0.2) is 6.07 Å². The lowest BCUT2D eigenvalue weighted by Gasteiger charge is -2.11. The molecule has 0 unspecified atom stereocenters. The van der Waals surface area contributed by atoms with E-state index in [-0.39, 0.29) is 6.07 Å². The first kappa shape index (κ1) is 13.3. The van der Waals surface area contributed by atoms with E-state index in [1.165, 1.54) is 6.07 Å². The number of rotatable bonds is 2. The number of pyridine rings is 1. The highest BCUT2D eigenvalue weighted by Crippen LogP contribution is 2.33. The van der Waals surface area contributed by atoms with E-state index in [2.05, 4.69) is 4.98 Å². The van der Waals surface area contributed by atoms with Crippen molar-refractivity contribution in [3.63, 3.8) is 0 Å². The van der Waals surface area contributed by atoms with E-state index in [0.717, 1.165) is 0 Å². The summed E-state index contributed by atoms with van der Waals surface area (Å²) >= 11 is 0.